The fourth-order valence-electron chi connectivity index (χ4n) is 2.51. The molecule has 2 rings (SSSR count). The van der Waals surface area contributed by atoms with Crippen LogP contribution in [0.15, 0.2) is 22.7 Å². The van der Waals surface area contributed by atoms with Crippen LogP contribution < -0.4 is 4.90 Å². The average Bonchev–Trinajstić information content (AvgIpc) is 2.37. The van der Waals surface area contributed by atoms with Crippen molar-refractivity contribution in [1.29, 1.82) is 0 Å². The van der Waals surface area contributed by atoms with Crippen molar-refractivity contribution in [3.05, 3.63) is 28.2 Å². The van der Waals surface area contributed by atoms with Crippen molar-refractivity contribution in [2.24, 2.45) is 0 Å². The molecule has 0 amide bonds. The van der Waals surface area contributed by atoms with Gasteiger partial charge in [0.05, 0.1) is 5.69 Å². The lowest BCUT2D eigenvalue weighted by atomic mass is 10.0. The van der Waals surface area contributed by atoms with Gasteiger partial charge in [-0.05, 0) is 54.4 Å². The molecule has 0 unspecified atom stereocenters. The summed E-state index contributed by atoms with van der Waals surface area (Å²) in [4.78, 5) is 5.04. The largest absolute Gasteiger partial charge is 0.368 e. The quantitative estimate of drug-likeness (QED) is 0.697. The first-order valence-electron chi connectivity index (χ1n) is 6.76. The van der Waals surface area contributed by atoms with Crippen molar-refractivity contribution in [2.75, 3.05) is 31.1 Å². The minimum absolute atomic E-state index is 0.281. The van der Waals surface area contributed by atoms with Crippen LogP contribution in [0.5, 0.6) is 0 Å². The highest BCUT2D eigenvalue weighted by atomic mass is 79.9. The Balaban J connectivity index is 2.06. The van der Waals surface area contributed by atoms with Crippen molar-refractivity contribution >= 4 is 37.5 Å². The topological polar surface area (TPSA) is 6.48 Å². The molecule has 0 saturated carbocycles. The molecule has 2 nitrogen and oxygen atoms in total. The van der Waals surface area contributed by atoms with Crippen molar-refractivity contribution < 1.29 is 0 Å². The summed E-state index contributed by atoms with van der Waals surface area (Å²) in [5.74, 6) is 0. The van der Waals surface area contributed by atoms with E-state index in [4.69, 9.17) is 0 Å². The van der Waals surface area contributed by atoms with Gasteiger partial charge in [0.2, 0.25) is 0 Å². The lowest BCUT2D eigenvalue weighted by Gasteiger charge is -2.43. The van der Waals surface area contributed by atoms with Crippen LogP contribution in [-0.4, -0.2) is 36.6 Å². The Morgan fingerprint density at radius 3 is 2.21 bits per heavy atom. The average molecular weight is 390 g/mol. The van der Waals surface area contributed by atoms with Crippen molar-refractivity contribution in [1.82, 2.24) is 4.90 Å². The Morgan fingerprint density at radius 1 is 1.11 bits per heavy atom. The first-order valence-corrected chi connectivity index (χ1v) is 8.67. The predicted octanol–water partition coefficient (Wildman–Crippen LogP) is 4.26. The highest BCUT2D eigenvalue weighted by molar-refractivity contribution is 9.10. The number of alkyl halides is 1. The van der Waals surface area contributed by atoms with E-state index in [1.54, 1.807) is 0 Å². The minimum Gasteiger partial charge on any atom is -0.368 e. The number of rotatable bonds is 2. The molecule has 4 heteroatoms. The molecular formula is C15H22Br2N2. The molecule has 0 radical (unpaired) electrons. The molecule has 1 fully saturated rings. The lowest BCUT2D eigenvalue weighted by Crippen LogP contribution is -2.53. The summed E-state index contributed by atoms with van der Waals surface area (Å²) in [7, 11) is 0. The Labute approximate surface area is 133 Å². The number of piperazine rings is 1. The molecular weight excluding hydrogens is 368 g/mol. The molecule has 0 aromatic heterocycles. The summed E-state index contributed by atoms with van der Waals surface area (Å²) in [6.45, 7) is 11.4. The predicted molar refractivity (Wildman–Crippen MR) is 90.3 cm³/mol. The standard InChI is InChI=1S/C15H22Br2N2/c1-15(2,3)19-8-6-18(7-9-19)14-5-4-12(11-16)10-13(14)17/h4-5,10H,6-9,11H2,1-3H3. The van der Waals surface area contributed by atoms with Gasteiger partial charge in [0.15, 0.2) is 0 Å². The van der Waals surface area contributed by atoms with E-state index in [0.29, 0.717) is 0 Å². The third-order valence-electron chi connectivity index (χ3n) is 3.74. The normalized spacial score (nSPS) is 17.8. The Bertz CT molecular complexity index is 432. The van der Waals surface area contributed by atoms with Crippen molar-refractivity contribution in [3.63, 3.8) is 0 Å². The van der Waals surface area contributed by atoms with Gasteiger partial charge in [0.25, 0.3) is 0 Å². The maximum atomic E-state index is 3.70. The van der Waals surface area contributed by atoms with Crippen LogP contribution in [0, 0.1) is 0 Å². The molecule has 0 N–H and O–H groups in total. The molecule has 0 bridgehead atoms. The highest BCUT2D eigenvalue weighted by Crippen LogP contribution is 2.29. The van der Waals surface area contributed by atoms with Crippen LogP contribution in [0.4, 0.5) is 5.69 Å². The zero-order chi connectivity index (χ0) is 14.0. The Kier molecular flexibility index (Phi) is 4.96. The van der Waals surface area contributed by atoms with Crippen LogP contribution in [0.25, 0.3) is 0 Å². The first-order chi connectivity index (χ1) is 8.91. The second-order valence-corrected chi connectivity index (χ2v) is 7.48. The number of hydrogen-bond donors (Lipinski definition) is 0. The van der Waals surface area contributed by atoms with Crippen LogP contribution in [0.3, 0.4) is 0 Å². The molecule has 19 heavy (non-hydrogen) atoms. The van der Waals surface area contributed by atoms with E-state index in [0.717, 1.165) is 31.5 Å². The maximum absolute atomic E-state index is 3.70. The van der Waals surface area contributed by atoms with Gasteiger partial charge in [-0.15, -0.1) is 0 Å². The monoisotopic (exact) mass is 388 g/mol. The van der Waals surface area contributed by atoms with Gasteiger partial charge in [-0.2, -0.15) is 0 Å². The number of hydrogen-bond acceptors (Lipinski definition) is 2. The molecule has 1 aromatic carbocycles. The SMILES string of the molecule is CC(C)(C)N1CCN(c2ccc(CBr)cc2Br)CC1. The third-order valence-corrected chi connectivity index (χ3v) is 5.02. The van der Waals surface area contributed by atoms with Gasteiger partial charge in [-0.3, -0.25) is 4.90 Å². The molecule has 1 aliphatic heterocycles. The van der Waals surface area contributed by atoms with Crippen LogP contribution in [0.2, 0.25) is 0 Å². The zero-order valence-corrected chi connectivity index (χ0v) is 15.1. The molecule has 1 saturated heterocycles. The lowest BCUT2D eigenvalue weighted by molar-refractivity contribution is 0.128. The van der Waals surface area contributed by atoms with Gasteiger partial charge in [0.1, 0.15) is 0 Å². The van der Waals surface area contributed by atoms with Gasteiger partial charge in [-0.25, -0.2) is 0 Å². The molecule has 1 heterocycles. The molecule has 0 aliphatic carbocycles. The summed E-state index contributed by atoms with van der Waals surface area (Å²) in [5.41, 5.74) is 2.91. The second kappa shape index (κ2) is 6.15. The van der Waals surface area contributed by atoms with Crippen LogP contribution >= 0.6 is 31.9 Å². The summed E-state index contributed by atoms with van der Waals surface area (Å²) < 4.78 is 1.20. The van der Waals surface area contributed by atoms with Gasteiger partial charge in [-0.1, -0.05) is 22.0 Å². The molecule has 1 aliphatic rings. The summed E-state index contributed by atoms with van der Waals surface area (Å²) in [6.07, 6.45) is 0. The van der Waals surface area contributed by atoms with E-state index in [-0.39, 0.29) is 5.54 Å². The van der Waals surface area contributed by atoms with E-state index in [1.807, 2.05) is 0 Å². The van der Waals surface area contributed by atoms with E-state index in [1.165, 1.54) is 15.7 Å². The van der Waals surface area contributed by atoms with E-state index in [9.17, 15) is 0 Å². The van der Waals surface area contributed by atoms with E-state index in [2.05, 4.69) is 80.6 Å². The van der Waals surface area contributed by atoms with E-state index < -0.39 is 0 Å². The molecule has 0 spiro atoms. The minimum atomic E-state index is 0.281. The molecule has 106 valence electrons. The van der Waals surface area contributed by atoms with Crippen LogP contribution in [0.1, 0.15) is 26.3 Å². The van der Waals surface area contributed by atoms with Gasteiger partial charge >= 0.3 is 0 Å². The van der Waals surface area contributed by atoms with Crippen molar-refractivity contribution in [2.45, 2.75) is 31.6 Å². The summed E-state index contributed by atoms with van der Waals surface area (Å²) in [6, 6.07) is 6.64. The maximum Gasteiger partial charge on any atom is 0.0511 e. The van der Waals surface area contributed by atoms with E-state index >= 15 is 0 Å². The molecule has 0 atom stereocenters. The zero-order valence-electron chi connectivity index (χ0n) is 11.9. The van der Waals surface area contributed by atoms with Gasteiger partial charge < -0.3 is 4.90 Å². The second-order valence-electron chi connectivity index (χ2n) is 6.06. The third kappa shape index (κ3) is 3.73. The smallest absolute Gasteiger partial charge is 0.0511 e. The molecule has 1 aromatic rings. The fourth-order valence-corrected chi connectivity index (χ4v) is 3.53. The number of halogens is 2. The summed E-state index contributed by atoms with van der Waals surface area (Å²) in [5, 5.41) is 0.906. The summed E-state index contributed by atoms with van der Waals surface area (Å²) >= 11 is 7.20. The number of anilines is 1. The van der Waals surface area contributed by atoms with Crippen LogP contribution in [-0.2, 0) is 5.33 Å². The number of nitrogens with zero attached hydrogens (tertiary/aromatic N) is 2. The number of benzene rings is 1. The first kappa shape index (κ1) is 15.3. The fraction of sp³-hybridized carbons (Fsp3) is 0.600. The Morgan fingerprint density at radius 2 is 1.74 bits per heavy atom. The highest BCUT2D eigenvalue weighted by Gasteiger charge is 2.26. The Hall–Kier alpha value is -0.0600. The van der Waals surface area contributed by atoms with Gasteiger partial charge in [0, 0.05) is 41.5 Å². The van der Waals surface area contributed by atoms with Crippen molar-refractivity contribution in [3.8, 4) is 0 Å².